The van der Waals surface area contributed by atoms with Crippen LogP contribution in [0.2, 0.25) is 0 Å². The Hall–Kier alpha value is -2.81. The summed E-state index contributed by atoms with van der Waals surface area (Å²) in [6, 6.07) is 4.12. The van der Waals surface area contributed by atoms with E-state index < -0.39 is 0 Å². The second kappa shape index (κ2) is 6.66. The number of fused-ring (bicyclic) bond motifs is 1. The molecule has 0 aromatic carbocycles. The summed E-state index contributed by atoms with van der Waals surface area (Å²) in [5, 5.41) is 13.1. The summed E-state index contributed by atoms with van der Waals surface area (Å²) < 4.78 is 1.89. The van der Waals surface area contributed by atoms with Gasteiger partial charge in [-0.1, -0.05) is 0 Å². The smallest absolute Gasteiger partial charge is 0.159 e. The van der Waals surface area contributed by atoms with E-state index in [0.29, 0.717) is 11.8 Å². The van der Waals surface area contributed by atoms with Gasteiger partial charge >= 0.3 is 0 Å². The summed E-state index contributed by atoms with van der Waals surface area (Å²) in [7, 11) is 1.86. The summed E-state index contributed by atoms with van der Waals surface area (Å²) in [6.45, 7) is 9.22. The predicted molar refractivity (Wildman–Crippen MR) is 104 cm³/mol. The van der Waals surface area contributed by atoms with Crippen LogP contribution >= 0.6 is 0 Å². The maximum atomic E-state index is 4.55. The molecule has 5 heterocycles. The van der Waals surface area contributed by atoms with Gasteiger partial charge in [-0.3, -0.25) is 4.90 Å². The summed E-state index contributed by atoms with van der Waals surface area (Å²) >= 11 is 0. The van der Waals surface area contributed by atoms with Gasteiger partial charge in [-0.25, -0.2) is 14.6 Å². The highest BCUT2D eigenvalue weighted by Crippen LogP contribution is 2.34. The fraction of sp³-hybridized carbons (Fsp3) is 0.526. The van der Waals surface area contributed by atoms with Crippen molar-refractivity contribution in [2.24, 2.45) is 18.9 Å². The fourth-order valence-corrected chi connectivity index (χ4v) is 4.58. The van der Waals surface area contributed by atoms with E-state index in [0.717, 1.165) is 61.4 Å². The maximum Gasteiger partial charge on any atom is 0.159 e. The minimum absolute atomic E-state index is 0.670. The Morgan fingerprint density at radius 2 is 1.71 bits per heavy atom. The minimum Gasteiger partial charge on any atom is -0.356 e. The van der Waals surface area contributed by atoms with Gasteiger partial charge in [0.2, 0.25) is 0 Å². The van der Waals surface area contributed by atoms with Gasteiger partial charge in [-0.2, -0.15) is 20.1 Å². The number of nitrogens with zero attached hydrogens (tertiary/aromatic N) is 9. The average molecular weight is 379 g/mol. The van der Waals surface area contributed by atoms with Crippen molar-refractivity contribution >= 4 is 5.82 Å². The highest BCUT2D eigenvalue weighted by Gasteiger charge is 2.40. The molecule has 28 heavy (non-hydrogen) atoms. The lowest BCUT2D eigenvalue weighted by molar-refractivity contribution is 0.304. The van der Waals surface area contributed by atoms with E-state index in [1.807, 2.05) is 31.8 Å². The van der Waals surface area contributed by atoms with Gasteiger partial charge in [-0.15, -0.1) is 0 Å². The van der Waals surface area contributed by atoms with Crippen molar-refractivity contribution in [1.82, 2.24) is 39.6 Å². The molecule has 9 nitrogen and oxygen atoms in total. The first-order valence-corrected chi connectivity index (χ1v) is 9.73. The molecule has 0 aliphatic carbocycles. The standard InChI is InChI=1S/C19H25N9/c1-13-4-14(2)28(23-13)19-5-18(20-12-21-19)27-9-15-7-26(8-16(15)10-27)11-17-6-22-25(3)24-17/h4-6,12,15-16H,7-11H2,1-3H3. The lowest BCUT2D eigenvalue weighted by atomic mass is 10.0. The van der Waals surface area contributed by atoms with Crippen LogP contribution < -0.4 is 4.90 Å². The second-order valence-corrected chi connectivity index (χ2v) is 8.02. The van der Waals surface area contributed by atoms with Crippen LogP contribution in [-0.2, 0) is 13.6 Å². The van der Waals surface area contributed by atoms with Crippen molar-refractivity contribution in [2.45, 2.75) is 20.4 Å². The number of hydrogen-bond donors (Lipinski definition) is 0. The average Bonchev–Trinajstić information content (AvgIpc) is 3.40. The van der Waals surface area contributed by atoms with E-state index in [2.05, 4.69) is 47.2 Å². The molecule has 2 aliphatic heterocycles. The Morgan fingerprint density at radius 1 is 0.964 bits per heavy atom. The van der Waals surface area contributed by atoms with Crippen molar-refractivity contribution in [2.75, 3.05) is 31.1 Å². The Morgan fingerprint density at radius 3 is 2.36 bits per heavy atom. The molecule has 0 radical (unpaired) electrons. The third kappa shape index (κ3) is 3.15. The highest BCUT2D eigenvalue weighted by molar-refractivity contribution is 5.45. The topological polar surface area (TPSA) is 80.8 Å². The minimum atomic E-state index is 0.670. The molecule has 0 amide bonds. The molecule has 0 spiro atoms. The Balaban J connectivity index is 1.27. The van der Waals surface area contributed by atoms with Crippen LogP contribution in [0.5, 0.6) is 0 Å². The molecular weight excluding hydrogens is 354 g/mol. The van der Waals surface area contributed by atoms with Crippen LogP contribution in [0, 0.1) is 25.7 Å². The SMILES string of the molecule is Cc1cc(C)n(-c2cc(N3CC4CN(Cc5cnn(C)n5)CC4C3)ncn2)n1. The first kappa shape index (κ1) is 17.3. The lowest BCUT2D eigenvalue weighted by Gasteiger charge is -2.22. The third-order valence-electron chi connectivity index (χ3n) is 5.78. The molecule has 2 aliphatic rings. The van der Waals surface area contributed by atoms with Gasteiger partial charge in [0.15, 0.2) is 5.82 Å². The Bertz CT molecular complexity index is 977. The van der Waals surface area contributed by atoms with Crippen molar-refractivity contribution in [3.05, 3.63) is 41.7 Å². The molecule has 0 N–H and O–H groups in total. The summed E-state index contributed by atoms with van der Waals surface area (Å²) in [6.07, 6.45) is 3.51. The van der Waals surface area contributed by atoms with Gasteiger partial charge in [0.05, 0.1) is 17.6 Å². The van der Waals surface area contributed by atoms with Crippen molar-refractivity contribution < 1.29 is 0 Å². The molecule has 2 fully saturated rings. The molecule has 5 rings (SSSR count). The van der Waals surface area contributed by atoms with Gasteiger partial charge in [-0.05, 0) is 31.7 Å². The molecule has 146 valence electrons. The summed E-state index contributed by atoms with van der Waals surface area (Å²) in [5.74, 6) is 3.16. The predicted octanol–water partition coefficient (Wildman–Crippen LogP) is 0.976. The summed E-state index contributed by atoms with van der Waals surface area (Å²) in [4.78, 5) is 15.5. The van der Waals surface area contributed by atoms with E-state index in [1.165, 1.54) is 0 Å². The zero-order valence-electron chi connectivity index (χ0n) is 16.5. The molecule has 2 unspecified atom stereocenters. The van der Waals surface area contributed by atoms with Crippen molar-refractivity contribution in [1.29, 1.82) is 0 Å². The van der Waals surface area contributed by atoms with E-state index in [1.54, 1.807) is 11.1 Å². The molecule has 0 saturated carbocycles. The zero-order valence-corrected chi connectivity index (χ0v) is 16.5. The van der Waals surface area contributed by atoms with E-state index in [-0.39, 0.29) is 0 Å². The number of aromatic nitrogens is 7. The van der Waals surface area contributed by atoms with Gasteiger partial charge in [0.1, 0.15) is 12.1 Å². The lowest BCUT2D eigenvalue weighted by Crippen LogP contribution is -2.29. The van der Waals surface area contributed by atoms with E-state index >= 15 is 0 Å². The number of aryl methyl sites for hydroxylation is 3. The Kier molecular flexibility index (Phi) is 4.12. The van der Waals surface area contributed by atoms with E-state index in [9.17, 15) is 0 Å². The van der Waals surface area contributed by atoms with Crippen LogP contribution in [0.4, 0.5) is 5.82 Å². The molecular formula is C19H25N9. The quantitative estimate of drug-likeness (QED) is 0.668. The van der Waals surface area contributed by atoms with Crippen LogP contribution in [0.1, 0.15) is 17.1 Å². The largest absolute Gasteiger partial charge is 0.356 e. The molecule has 3 aromatic rings. The zero-order chi connectivity index (χ0) is 19.3. The first-order valence-electron chi connectivity index (χ1n) is 9.73. The van der Waals surface area contributed by atoms with Crippen molar-refractivity contribution in [3.8, 4) is 5.82 Å². The number of hydrogen-bond acceptors (Lipinski definition) is 7. The van der Waals surface area contributed by atoms with Crippen molar-refractivity contribution in [3.63, 3.8) is 0 Å². The summed E-state index contributed by atoms with van der Waals surface area (Å²) in [5.41, 5.74) is 3.13. The third-order valence-corrected chi connectivity index (χ3v) is 5.78. The normalized spacial score (nSPS) is 22.2. The number of rotatable bonds is 4. The van der Waals surface area contributed by atoms with Gasteiger partial charge in [0.25, 0.3) is 0 Å². The Labute approximate surface area is 164 Å². The molecule has 2 saturated heterocycles. The van der Waals surface area contributed by atoms with Crippen LogP contribution in [0.15, 0.2) is 24.7 Å². The maximum absolute atomic E-state index is 4.55. The molecule has 0 bridgehead atoms. The molecule has 3 aromatic heterocycles. The highest BCUT2D eigenvalue weighted by atomic mass is 15.5. The van der Waals surface area contributed by atoms with E-state index in [4.69, 9.17) is 0 Å². The van der Waals surface area contributed by atoms with Crippen LogP contribution in [0.25, 0.3) is 5.82 Å². The second-order valence-electron chi connectivity index (χ2n) is 8.02. The fourth-order valence-electron chi connectivity index (χ4n) is 4.58. The number of likely N-dealkylation sites (tertiary alicyclic amines) is 1. The number of anilines is 1. The molecule has 9 heteroatoms. The van der Waals surface area contributed by atoms with Crippen LogP contribution in [0.3, 0.4) is 0 Å². The van der Waals surface area contributed by atoms with Crippen LogP contribution in [-0.4, -0.2) is 65.8 Å². The molecule has 2 atom stereocenters. The van der Waals surface area contributed by atoms with Gasteiger partial charge < -0.3 is 4.90 Å². The first-order chi connectivity index (χ1) is 13.5. The van der Waals surface area contributed by atoms with Gasteiger partial charge in [0, 0.05) is 51.5 Å². The monoisotopic (exact) mass is 379 g/mol.